The Morgan fingerprint density at radius 1 is 1.35 bits per heavy atom. The van der Waals surface area contributed by atoms with Gasteiger partial charge in [0.25, 0.3) is 5.91 Å². The molecule has 1 saturated heterocycles. The first-order valence-corrected chi connectivity index (χ1v) is 9.55. The van der Waals surface area contributed by atoms with Crippen LogP contribution in [0, 0.1) is 0 Å². The molecule has 1 amide bonds. The van der Waals surface area contributed by atoms with E-state index in [1.165, 1.54) is 0 Å². The molecule has 0 aromatic carbocycles. The van der Waals surface area contributed by atoms with Gasteiger partial charge in [0.05, 0.1) is 0 Å². The smallest absolute Gasteiger partial charge is 0.329 e. The maximum Gasteiger partial charge on any atom is 0.329 e. The molecule has 1 unspecified atom stereocenters. The number of aromatic nitrogens is 2. The third-order valence-corrected chi connectivity index (χ3v) is 5.08. The van der Waals surface area contributed by atoms with E-state index in [1.54, 1.807) is 41.7 Å². The monoisotopic (exact) mass is 374 g/mol. The molecule has 7 nitrogen and oxygen atoms in total. The quantitative estimate of drug-likeness (QED) is 0.721. The number of carbonyl (C=O) groups is 2. The van der Waals surface area contributed by atoms with Crippen LogP contribution in [0.2, 0.25) is 0 Å². The van der Waals surface area contributed by atoms with Crippen LogP contribution in [0.15, 0.2) is 35.3 Å². The second-order valence-electron chi connectivity index (χ2n) is 6.24. The summed E-state index contributed by atoms with van der Waals surface area (Å²) in [5, 5.41) is 3.96. The average Bonchev–Trinajstić information content (AvgIpc) is 3.19. The molecule has 8 heteroatoms. The molecule has 0 N–H and O–H groups in total. The van der Waals surface area contributed by atoms with Crippen molar-refractivity contribution in [2.24, 2.45) is 0 Å². The van der Waals surface area contributed by atoms with Crippen LogP contribution in [-0.2, 0) is 20.9 Å². The molecule has 3 rings (SSSR count). The Kier molecular flexibility index (Phi) is 6.17. The molecule has 0 spiro atoms. The van der Waals surface area contributed by atoms with E-state index in [9.17, 15) is 9.59 Å². The van der Waals surface area contributed by atoms with Crippen molar-refractivity contribution in [3.8, 4) is 0 Å². The van der Waals surface area contributed by atoms with Crippen LogP contribution in [0.25, 0.3) is 0 Å². The van der Waals surface area contributed by atoms with E-state index < -0.39 is 12.0 Å². The summed E-state index contributed by atoms with van der Waals surface area (Å²) in [5.74, 6) is -0.0904. The van der Waals surface area contributed by atoms with Crippen molar-refractivity contribution in [3.05, 3.63) is 40.8 Å². The molecule has 0 aliphatic carbocycles. The molecule has 0 radical (unpaired) electrons. The fraction of sp³-hybridized carbons (Fsp3) is 0.444. The number of piperidine rings is 1. The molecule has 3 heterocycles. The van der Waals surface area contributed by atoms with Gasteiger partial charge in [-0.05, 0) is 47.7 Å². The molecule has 26 heavy (non-hydrogen) atoms. The summed E-state index contributed by atoms with van der Waals surface area (Å²) in [4.78, 5) is 36.7. The summed E-state index contributed by atoms with van der Waals surface area (Å²) in [6, 6.07) is 3.27. The predicted molar refractivity (Wildman–Crippen MR) is 98.8 cm³/mol. The largest absolute Gasteiger partial charge is 0.454 e. The van der Waals surface area contributed by atoms with E-state index in [0.29, 0.717) is 25.5 Å². The van der Waals surface area contributed by atoms with E-state index in [-0.39, 0.29) is 12.5 Å². The van der Waals surface area contributed by atoms with Crippen LogP contribution < -0.4 is 4.90 Å². The Labute approximate surface area is 156 Å². The lowest BCUT2D eigenvalue weighted by atomic mass is 10.0. The van der Waals surface area contributed by atoms with Crippen LogP contribution in [0.5, 0.6) is 0 Å². The number of esters is 1. The number of nitrogens with zero attached hydrogens (tertiary/aromatic N) is 4. The van der Waals surface area contributed by atoms with E-state index >= 15 is 0 Å². The van der Waals surface area contributed by atoms with Crippen molar-refractivity contribution in [3.63, 3.8) is 0 Å². The lowest BCUT2D eigenvalue weighted by Crippen LogP contribution is -2.47. The summed E-state index contributed by atoms with van der Waals surface area (Å²) in [6.07, 6.45) is 5.90. The van der Waals surface area contributed by atoms with E-state index in [1.807, 2.05) is 21.7 Å². The molecular formula is C18H22N4O3S. The first-order chi connectivity index (χ1) is 12.6. The Bertz CT molecular complexity index is 723. The fourth-order valence-corrected chi connectivity index (χ4v) is 3.60. The standard InChI is InChI=1S/C18H22N4O3S/c1-21(11-14-6-10-26-13-14)16(23)12-25-17(24)15-5-2-3-9-22(15)18-19-7-4-8-20-18/h4,6-8,10,13,15H,2-3,5,9,11-12H2,1H3. The molecule has 138 valence electrons. The summed E-state index contributed by atoms with van der Waals surface area (Å²) in [7, 11) is 1.71. The molecule has 2 aromatic heterocycles. The molecular weight excluding hydrogens is 352 g/mol. The Balaban J connectivity index is 1.55. The van der Waals surface area contributed by atoms with Gasteiger partial charge in [-0.3, -0.25) is 4.79 Å². The van der Waals surface area contributed by atoms with E-state index in [2.05, 4.69) is 9.97 Å². The zero-order valence-electron chi connectivity index (χ0n) is 14.7. The van der Waals surface area contributed by atoms with Gasteiger partial charge in [-0.25, -0.2) is 14.8 Å². The number of rotatable bonds is 6. The van der Waals surface area contributed by atoms with Gasteiger partial charge in [0.15, 0.2) is 6.61 Å². The SMILES string of the molecule is CN(Cc1ccsc1)C(=O)COC(=O)C1CCCCN1c1ncccn1. The van der Waals surface area contributed by atoms with Crippen LogP contribution in [-0.4, -0.2) is 53.0 Å². The van der Waals surface area contributed by atoms with Gasteiger partial charge >= 0.3 is 5.97 Å². The van der Waals surface area contributed by atoms with Crippen molar-refractivity contribution >= 4 is 29.2 Å². The molecule has 0 bridgehead atoms. The first kappa shape index (κ1) is 18.3. The van der Waals surface area contributed by atoms with Crippen LogP contribution >= 0.6 is 11.3 Å². The summed E-state index contributed by atoms with van der Waals surface area (Å²) >= 11 is 1.59. The fourth-order valence-electron chi connectivity index (χ4n) is 2.94. The predicted octanol–water partition coefficient (Wildman–Crippen LogP) is 2.10. The van der Waals surface area contributed by atoms with E-state index in [0.717, 1.165) is 18.4 Å². The van der Waals surface area contributed by atoms with Crippen LogP contribution in [0.1, 0.15) is 24.8 Å². The topological polar surface area (TPSA) is 75.6 Å². The van der Waals surface area contributed by atoms with Crippen molar-refractivity contribution in [1.29, 1.82) is 0 Å². The van der Waals surface area contributed by atoms with Gasteiger partial charge in [-0.2, -0.15) is 11.3 Å². The highest BCUT2D eigenvalue weighted by atomic mass is 32.1. The number of hydrogen-bond acceptors (Lipinski definition) is 7. The number of amides is 1. The second-order valence-corrected chi connectivity index (χ2v) is 7.02. The van der Waals surface area contributed by atoms with Gasteiger partial charge in [0.2, 0.25) is 5.95 Å². The van der Waals surface area contributed by atoms with Crippen molar-refractivity contribution in [1.82, 2.24) is 14.9 Å². The summed E-state index contributed by atoms with van der Waals surface area (Å²) in [6.45, 7) is 0.961. The Morgan fingerprint density at radius 2 is 2.15 bits per heavy atom. The molecule has 0 saturated carbocycles. The second kappa shape index (κ2) is 8.75. The third-order valence-electron chi connectivity index (χ3n) is 4.35. The molecule has 2 aromatic rings. The lowest BCUT2D eigenvalue weighted by molar-refractivity contribution is -0.153. The van der Waals surface area contributed by atoms with Crippen molar-refractivity contribution in [2.45, 2.75) is 31.8 Å². The maximum atomic E-state index is 12.5. The number of ether oxygens (including phenoxy) is 1. The van der Waals surface area contributed by atoms with Crippen LogP contribution in [0.3, 0.4) is 0 Å². The highest BCUT2D eigenvalue weighted by Crippen LogP contribution is 2.22. The zero-order valence-corrected chi connectivity index (χ0v) is 15.5. The molecule has 1 aliphatic heterocycles. The average molecular weight is 374 g/mol. The Morgan fingerprint density at radius 3 is 2.88 bits per heavy atom. The van der Waals surface area contributed by atoms with Crippen molar-refractivity contribution in [2.75, 3.05) is 25.1 Å². The zero-order chi connectivity index (χ0) is 18.4. The normalized spacial score (nSPS) is 17.0. The minimum atomic E-state index is -0.443. The third kappa shape index (κ3) is 4.57. The lowest BCUT2D eigenvalue weighted by Gasteiger charge is -2.33. The Hall–Kier alpha value is -2.48. The maximum absolute atomic E-state index is 12.5. The number of anilines is 1. The van der Waals surface area contributed by atoms with Gasteiger partial charge in [0.1, 0.15) is 6.04 Å². The summed E-state index contributed by atoms with van der Waals surface area (Å²) < 4.78 is 5.31. The van der Waals surface area contributed by atoms with Crippen LogP contribution in [0.4, 0.5) is 5.95 Å². The minimum Gasteiger partial charge on any atom is -0.454 e. The molecule has 1 aliphatic rings. The van der Waals surface area contributed by atoms with E-state index in [4.69, 9.17) is 4.74 Å². The first-order valence-electron chi connectivity index (χ1n) is 8.60. The number of thiophene rings is 1. The minimum absolute atomic E-state index is 0.220. The summed E-state index contributed by atoms with van der Waals surface area (Å²) in [5.41, 5.74) is 1.07. The number of likely N-dealkylation sites (N-methyl/N-ethyl adjacent to an activating group) is 1. The van der Waals surface area contributed by atoms with Gasteiger partial charge in [-0.15, -0.1) is 0 Å². The van der Waals surface area contributed by atoms with Gasteiger partial charge in [0, 0.05) is 32.5 Å². The molecule has 1 atom stereocenters. The molecule has 1 fully saturated rings. The number of hydrogen-bond donors (Lipinski definition) is 0. The van der Waals surface area contributed by atoms with Gasteiger partial charge < -0.3 is 14.5 Å². The van der Waals surface area contributed by atoms with Crippen molar-refractivity contribution < 1.29 is 14.3 Å². The number of carbonyl (C=O) groups excluding carboxylic acids is 2. The highest BCUT2D eigenvalue weighted by molar-refractivity contribution is 7.07. The van der Waals surface area contributed by atoms with Gasteiger partial charge in [-0.1, -0.05) is 0 Å². The highest BCUT2D eigenvalue weighted by Gasteiger charge is 2.32.